The fourth-order valence-electron chi connectivity index (χ4n) is 1.01. The van der Waals surface area contributed by atoms with Crippen molar-refractivity contribution in [3.63, 3.8) is 0 Å². The summed E-state index contributed by atoms with van der Waals surface area (Å²) < 4.78 is 37.7. The molecular formula is C7H7F3N2O. The van der Waals surface area contributed by atoms with Gasteiger partial charge in [-0.3, -0.25) is 4.79 Å². The number of nitrogens with zero attached hydrogens (tertiary/aromatic N) is 1. The number of nitrogens with two attached hydrogens (primary N) is 1. The third-order valence-corrected chi connectivity index (χ3v) is 1.53. The number of halogens is 3. The predicted molar refractivity (Wildman–Crippen MR) is 38.9 cm³/mol. The Hall–Kier alpha value is -1.46. The number of alkyl halides is 3. The van der Waals surface area contributed by atoms with Gasteiger partial charge < -0.3 is 10.3 Å². The minimum atomic E-state index is -4.54. The number of carbonyl (C=O) groups is 1. The van der Waals surface area contributed by atoms with Crippen molar-refractivity contribution in [1.29, 1.82) is 0 Å². The van der Waals surface area contributed by atoms with Crippen LogP contribution in [0.15, 0.2) is 12.4 Å². The molecule has 1 rings (SSSR count). The summed E-state index contributed by atoms with van der Waals surface area (Å²) in [5.74, 6) is -1.08. The van der Waals surface area contributed by atoms with Gasteiger partial charge in [0.2, 0.25) is 0 Å². The van der Waals surface area contributed by atoms with E-state index in [1.54, 1.807) is 0 Å². The highest BCUT2D eigenvalue weighted by Crippen LogP contribution is 2.32. The van der Waals surface area contributed by atoms with Gasteiger partial charge in [0.25, 0.3) is 5.91 Å². The van der Waals surface area contributed by atoms with E-state index in [0.29, 0.717) is 0 Å². The van der Waals surface area contributed by atoms with Gasteiger partial charge >= 0.3 is 6.18 Å². The second kappa shape index (κ2) is 2.79. The molecule has 0 unspecified atom stereocenters. The van der Waals surface area contributed by atoms with E-state index in [1.807, 2.05) is 0 Å². The van der Waals surface area contributed by atoms with E-state index in [1.165, 1.54) is 7.05 Å². The molecule has 0 spiro atoms. The van der Waals surface area contributed by atoms with Gasteiger partial charge in [0.05, 0.1) is 11.1 Å². The molecule has 2 N–H and O–H groups in total. The fraction of sp³-hybridized carbons (Fsp3) is 0.286. The van der Waals surface area contributed by atoms with Crippen LogP contribution >= 0.6 is 0 Å². The smallest absolute Gasteiger partial charge is 0.366 e. The predicted octanol–water partition coefficient (Wildman–Crippen LogP) is 1.14. The molecule has 0 radical (unpaired) electrons. The molecule has 1 heterocycles. The third-order valence-electron chi connectivity index (χ3n) is 1.53. The van der Waals surface area contributed by atoms with Crippen LogP contribution in [0.1, 0.15) is 15.9 Å². The number of hydrogen-bond donors (Lipinski definition) is 1. The van der Waals surface area contributed by atoms with Gasteiger partial charge in [-0.1, -0.05) is 0 Å². The van der Waals surface area contributed by atoms with Gasteiger partial charge in [-0.25, -0.2) is 0 Å². The molecule has 0 saturated heterocycles. The van der Waals surface area contributed by atoms with Gasteiger partial charge in [0, 0.05) is 19.4 Å². The molecule has 0 aliphatic carbocycles. The van der Waals surface area contributed by atoms with Crippen LogP contribution in [0.4, 0.5) is 13.2 Å². The summed E-state index contributed by atoms with van der Waals surface area (Å²) in [6.45, 7) is 0. The lowest BCUT2D eigenvalue weighted by atomic mass is 10.2. The van der Waals surface area contributed by atoms with Crippen LogP contribution in [0.3, 0.4) is 0 Å². The minimum Gasteiger partial charge on any atom is -0.366 e. The monoisotopic (exact) mass is 192 g/mol. The summed E-state index contributed by atoms with van der Waals surface area (Å²) in [7, 11) is 1.39. The van der Waals surface area contributed by atoms with E-state index >= 15 is 0 Å². The molecule has 0 aliphatic rings. The average molecular weight is 192 g/mol. The summed E-state index contributed by atoms with van der Waals surface area (Å²) in [5.41, 5.74) is 3.27. The molecule has 0 aliphatic heterocycles. The van der Waals surface area contributed by atoms with Gasteiger partial charge in [-0.05, 0) is 0 Å². The van der Waals surface area contributed by atoms with Crippen molar-refractivity contribution in [2.45, 2.75) is 6.18 Å². The quantitative estimate of drug-likeness (QED) is 0.712. The number of carbonyl (C=O) groups excluding carboxylic acids is 1. The number of amides is 1. The maximum absolute atomic E-state index is 12.2. The SMILES string of the molecule is Cn1cc(C(N)=O)c(C(F)(F)F)c1. The van der Waals surface area contributed by atoms with Crippen LogP contribution in [0.5, 0.6) is 0 Å². The standard InChI is InChI=1S/C7H7F3N2O/c1-12-2-4(6(11)13)5(3-12)7(8,9)10/h2-3H,1H3,(H2,11,13). The first-order valence-corrected chi connectivity index (χ1v) is 3.35. The van der Waals surface area contributed by atoms with Crippen LogP contribution in [-0.2, 0) is 13.2 Å². The zero-order valence-corrected chi connectivity index (χ0v) is 6.72. The molecular weight excluding hydrogens is 185 g/mol. The Morgan fingerprint density at radius 3 is 2.31 bits per heavy atom. The second-order valence-electron chi connectivity index (χ2n) is 2.61. The molecule has 1 aromatic heterocycles. The van der Waals surface area contributed by atoms with Crippen molar-refractivity contribution in [3.8, 4) is 0 Å². The molecule has 6 heteroatoms. The van der Waals surface area contributed by atoms with Crippen LogP contribution in [-0.4, -0.2) is 10.5 Å². The zero-order valence-electron chi connectivity index (χ0n) is 6.72. The highest BCUT2D eigenvalue weighted by molar-refractivity contribution is 5.94. The second-order valence-corrected chi connectivity index (χ2v) is 2.61. The Bertz CT molecular complexity index is 340. The van der Waals surface area contributed by atoms with E-state index < -0.39 is 23.2 Å². The highest BCUT2D eigenvalue weighted by Gasteiger charge is 2.35. The average Bonchev–Trinajstić information content (AvgIpc) is 2.29. The van der Waals surface area contributed by atoms with Crippen molar-refractivity contribution in [3.05, 3.63) is 23.5 Å². The van der Waals surface area contributed by atoms with Crippen molar-refractivity contribution in [2.24, 2.45) is 12.8 Å². The fourth-order valence-corrected chi connectivity index (χ4v) is 1.01. The van der Waals surface area contributed by atoms with Gasteiger partial charge in [-0.15, -0.1) is 0 Å². The maximum atomic E-state index is 12.2. The summed E-state index contributed by atoms with van der Waals surface area (Å²) in [4.78, 5) is 10.6. The first-order valence-electron chi connectivity index (χ1n) is 3.35. The molecule has 3 nitrogen and oxygen atoms in total. The van der Waals surface area contributed by atoms with E-state index in [4.69, 9.17) is 5.73 Å². The van der Waals surface area contributed by atoms with Gasteiger partial charge in [0.15, 0.2) is 0 Å². The Balaban J connectivity index is 3.28. The van der Waals surface area contributed by atoms with Crippen molar-refractivity contribution in [1.82, 2.24) is 4.57 Å². The van der Waals surface area contributed by atoms with E-state index in [0.717, 1.165) is 17.0 Å². The molecule has 0 atom stereocenters. The van der Waals surface area contributed by atoms with Crippen LogP contribution < -0.4 is 5.73 Å². The number of hydrogen-bond acceptors (Lipinski definition) is 1. The first-order chi connectivity index (χ1) is 5.82. The topological polar surface area (TPSA) is 48.0 Å². The molecule has 0 fully saturated rings. The Morgan fingerprint density at radius 2 is 2.00 bits per heavy atom. The Labute approximate surface area is 71.9 Å². The van der Waals surface area contributed by atoms with E-state index in [2.05, 4.69) is 0 Å². The highest BCUT2D eigenvalue weighted by atomic mass is 19.4. The van der Waals surface area contributed by atoms with Gasteiger partial charge in [-0.2, -0.15) is 13.2 Å². The molecule has 72 valence electrons. The molecule has 0 saturated carbocycles. The van der Waals surface area contributed by atoms with Crippen LogP contribution in [0.2, 0.25) is 0 Å². The molecule has 0 bridgehead atoms. The minimum absolute atomic E-state index is 0.505. The lowest BCUT2D eigenvalue weighted by Crippen LogP contribution is -2.16. The number of rotatable bonds is 1. The molecule has 13 heavy (non-hydrogen) atoms. The van der Waals surface area contributed by atoms with Crippen LogP contribution in [0.25, 0.3) is 0 Å². The molecule has 1 amide bonds. The molecule has 0 aromatic carbocycles. The summed E-state index contributed by atoms with van der Waals surface area (Å²) >= 11 is 0. The van der Waals surface area contributed by atoms with Crippen molar-refractivity contribution >= 4 is 5.91 Å². The van der Waals surface area contributed by atoms with Crippen molar-refractivity contribution in [2.75, 3.05) is 0 Å². The summed E-state index contributed by atoms with van der Waals surface area (Å²) in [5, 5.41) is 0. The summed E-state index contributed by atoms with van der Waals surface area (Å²) in [6, 6.07) is 0. The lowest BCUT2D eigenvalue weighted by Gasteiger charge is -2.04. The van der Waals surface area contributed by atoms with Gasteiger partial charge in [0.1, 0.15) is 0 Å². The Kier molecular flexibility index (Phi) is 2.07. The molecule has 1 aromatic rings. The summed E-state index contributed by atoms with van der Waals surface area (Å²) in [6.07, 6.45) is -2.67. The largest absolute Gasteiger partial charge is 0.418 e. The van der Waals surface area contributed by atoms with Crippen LogP contribution in [0, 0.1) is 0 Å². The zero-order chi connectivity index (χ0) is 10.2. The normalized spacial score (nSPS) is 11.7. The maximum Gasteiger partial charge on any atom is 0.418 e. The number of aromatic nitrogens is 1. The first kappa shape index (κ1) is 9.63. The Morgan fingerprint density at radius 1 is 1.46 bits per heavy atom. The third kappa shape index (κ3) is 1.82. The van der Waals surface area contributed by atoms with E-state index in [-0.39, 0.29) is 0 Å². The lowest BCUT2D eigenvalue weighted by molar-refractivity contribution is -0.137. The number of primary amides is 1. The van der Waals surface area contributed by atoms with E-state index in [9.17, 15) is 18.0 Å². The number of aryl methyl sites for hydroxylation is 1. The van der Waals surface area contributed by atoms with Crippen molar-refractivity contribution < 1.29 is 18.0 Å².